The van der Waals surface area contributed by atoms with Crippen LogP contribution in [0.5, 0.6) is 0 Å². The van der Waals surface area contributed by atoms with E-state index >= 15 is 0 Å². The van der Waals surface area contributed by atoms with Crippen LogP contribution in [0, 0.1) is 5.92 Å². The van der Waals surface area contributed by atoms with Crippen LogP contribution in [0.2, 0.25) is 0 Å². The zero-order chi connectivity index (χ0) is 12.1. The van der Waals surface area contributed by atoms with Crippen molar-refractivity contribution in [3.8, 4) is 0 Å². The fraction of sp³-hybridized carbons (Fsp3) is 0.500. The molecule has 2 N–H and O–H groups in total. The number of carboxylic acid groups (broad SMARTS) is 1. The van der Waals surface area contributed by atoms with E-state index in [1.165, 1.54) is 18.4 Å². The number of carboxylic acids is 1. The maximum Gasteiger partial charge on any atom is 0.303 e. The highest BCUT2D eigenvalue weighted by molar-refractivity contribution is 5.66. The summed E-state index contributed by atoms with van der Waals surface area (Å²) >= 11 is 0. The van der Waals surface area contributed by atoms with Gasteiger partial charge in [-0.3, -0.25) is 4.79 Å². The number of aliphatic carboxylic acids is 1. The van der Waals surface area contributed by atoms with E-state index in [2.05, 4.69) is 29.6 Å². The van der Waals surface area contributed by atoms with Gasteiger partial charge in [0.1, 0.15) is 0 Å². The molecule has 3 nitrogen and oxygen atoms in total. The summed E-state index contributed by atoms with van der Waals surface area (Å²) in [5, 5.41) is 12.1. The molecular weight excluding hydrogens is 214 g/mol. The van der Waals surface area contributed by atoms with E-state index in [9.17, 15) is 4.79 Å². The lowest BCUT2D eigenvalue weighted by Crippen LogP contribution is -2.24. The molecule has 1 aliphatic carbocycles. The lowest BCUT2D eigenvalue weighted by atomic mass is 10.0. The van der Waals surface area contributed by atoms with E-state index in [0.29, 0.717) is 12.5 Å². The highest BCUT2D eigenvalue weighted by atomic mass is 16.4. The molecule has 1 aliphatic rings. The SMILES string of the molecule is O=C(O)CCCNC(c1ccccc1)C1CC1. The smallest absolute Gasteiger partial charge is 0.303 e. The number of benzene rings is 1. The monoisotopic (exact) mass is 233 g/mol. The summed E-state index contributed by atoms with van der Waals surface area (Å²) < 4.78 is 0. The zero-order valence-corrected chi connectivity index (χ0v) is 9.93. The highest BCUT2D eigenvalue weighted by Crippen LogP contribution is 2.40. The first kappa shape index (κ1) is 12.1. The average Bonchev–Trinajstić information content (AvgIpc) is 3.14. The van der Waals surface area contributed by atoms with E-state index in [4.69, 9.17) is 5.11 Å². The quantitative estimate of drug-likeness (QED) is 0.712. The molecule has 0 radical (unpaired) electrons. The summed E-state index contributed by atoms with van der Waals surface area (Å²) in [6, 6.07) is 10.8. The Morgan fingerprint density at radius 2 is 2.06 bits per heavy atom. The molecule has 1 fully saturated rings. The number of hydrogen-bond acceptors (Lipinski definition) is 2. The molecule has 0 saturated heterocycles. The Balaban J connectivity index is 1.84. The second-order valence-corrected chi connectivity index (χ2v) is 4.68. The molecule has 0 spiro atoms. The first-order chi connectivity index (χ1) is 8.27. The van der Waals surface area contributed by atoms with Crippen molar-refractivity contribution in [2.45, 2.75) is 31.7 Å². The Morgan fingerprint density at radius 3 is 2.65 bits per heavy atom. The van der Waals surface area contributed by atoms with Crippen molar-refractivity contribution in [2.75, 3.05) is 6.54 Å². The number of hydrogen-bond donors (Lipinski definition) is 2. The Labute approximate surface area is 102 Å². The van der Waals surface area contributed by atoms with Gasteiger partial charge in [-0.25, -0.2) is 0 Å². The van der Waals surface area contributed by atoms with Crippen molar-refractivity contribution in [3.63, 3.8) is 0 Å². The van der Waals surface area contributed by atoms with Crippen LogP contribution >= 0.6 is 0 Å². The Kier molecular flexibility index (Phi) is 4.15. The van der Waals surface area contributed by atoms with Gasteiger partial charge in [-0.05, 0) is 37.3 Å². The Bertz CT molecular complexity index is 360. The third-order valence-electron chi connectivity index (χ3n) is 3.18. The summed E-state index contributed by atoms with van der Waals surface area (Å²) in [6.45, 7) is 0.780. The minimum atomic E-state index is -0.713. The molecule has 0 bridgehead atoms. The summed E-state index contributed by atoms with van der Waals surface area (Å²) in [7, 11) is 0. The summed E-state index contributed by atoms with van der Waals surface area (Å²) in [4.78, 5) is 10.4. The van der Waals surface area contributed by atoms with E-state index in [1.807, 2.05) is 6.07 Å². The fourth-order valence-electron chi connectivity index (χ4n) is 2.14. The zero-order valence-electron chi connectivity index (χ0n) is 9.93. The molecule has 0 amide bonds. The van der Waals surface area contributed by atoms with E-state index in [0.717, 1.165) is 12.5 Å². The molecule has 0 aliphatic heterocycles. The van der Waals surface area contributed by atoms with Crippen LogP contribution in [-0.2, 0) is 4.79 Å². The van der Waals surface area contributed by atoms with Gasteiger partial charge >= 0.3 is 5.97 Å². The molecule has 1 aromatic carbocycles. The van der Waals surface area contributed by atoms with Gasteiger partial charge in [0.05, 0.1) is 0 Å². The minimum Gasteiger partial charge on any atom is -0.481 e. The second kappa shape index (κ2) is 5.82. The van der Waals surface area contributed by atoms with Crippen LogP contribution in [-0.4, -0.2) is 17.6 Å². The van der Waals surface area contributed by atoms with E-state index in [-0.39, 0.29) is 6.42 Å². The fourth-order valence-corrected chi connectivity index (χ4v) is 2.14. The van der Waals surface area contributed by atoms with Crippen LogP contribution in [0.15, 0.2) is 30.3 Å². The van der Waals surface area contributed by atoms with Gasteiger partial charge in [0.15, 0.2) is 0 Å². The summed E-state index contributed by atoms with van der Waals surface area (Å²) in [5.74, 6) is 0.0247. The Morgan fingerprint density at radius 1 is 1.35 bits per heavy atom. The van der Waals surface area contributed by atoms with Gasteiger partial charge < -0.3 is 10.4 Å². The van der Waals surface area contributed by atoms with Gasteiger partial charge in [-0.1, -0.05) is 30.3 Å². The van der Waals surface area contributed by atoms with Crippen LogP contribution < -0.4 is 5.32 Å². The summed E-state index contributed by atoms with van der Waals surface area (Å²) in [6.07, 6.45) is 3.52. The van der Waals surface area contributed by atoms with Crippen LogP contribution in [0.3, 0.4) is 0 Å². The van der Waals surface area contributed by atoms with Gasteiger partial charge in [-0.15, -0.1) is 0 Å². The van der Waals surface area contributed by atoms with Crippen molar-refractivity contribution in [1.82, 2.24) is 5.32 Å². The molecule has 2 rings (SSSR count). The largest absolute Gasteiger partial charge is 0.481 e. The van der Waals surface area contributed by atoms with Crippen molar-refractivity contribution in [1.29, 1.82) is 0 Å². The first-order valence-corrected chi connectivity index (χ1v) is 6.27. The molecule has 92 valence electrons. The van der Waals surface area contributed by atoms with Crippen LogP contribution in [0.4, 0.5) is 0 Å². The molecule has 1 saturated carbocycles. The van der Waals surface area contributed by atoms with Crippen LogP contribution in [0.25, 0.3) is 0 Å². The van der Waals surface area contributed by atoms with Crippen molar-refractivity contribution in [3.05, 3.63) is 35.9 Å². The van der Waals surface area contributed by atoms with Gasteiger partial charge in [0, 0.05) is 12.5 Å². The molecule has 0 aromatic heterocycles. The molecular formula is C14H19NO2. The van der Waals surface area contributed by atoms with Crippen molar-refractivity contribution >= 4 is 5.97 Å². The number of carbonyl (C=O) groups is 1. The average molecular weight is 233 g/mol. The molecule has 1 aromatic rings. The highest BCUT2D eigenvalue weighted by Gasteiger charge is 2.31. The lowest BCUT2D eigenvalue weighted by molar-refractivity contribution is -0.137. The molecule has 3 heteroatoms. The molecule has 1 atom stereocenters. The third-order valence-corrected chi connectivity index (χ3v) is 3.18. The predicted octanol–water partition coefficient (Wildman–Crippen LogP) is 2.59. The number of nitrogens with one attached hydrogen (secondary N) is 1. The Hall–Kier alpha value is -1.35. The second-order valence-electron chi connectivity index (χ2n) is 4.68. The molecule has 0 heterocycles. The van der Waals surface area contributed by atoms with Gasteiger partial charge in [0.2, 0.25) is 0 Å². The topological polar surface area (TPSA) is 49.3 Å². The summed E-state index contributed by atoms with van der Waals surface area (Å²) in [5.41, 5.74) is 1.32. The lowest BCUT2D eigenvalue weighted by Gasteiger charge is -2.18. The van der Waals surface area contributed by atoms with Crippen molar-refractivity contribution in [2.24, 2.45) is 5.92 Å². The minimum absolute atomic E-state index is 0.249. The van der Waals surface area contributed by atoms with Crippen molar-refractivity contribution < 1.29 is 9.90 Å². The molecule has 1 unspecified atom stereocenters. The van der Waals surface area contributed by atoms with Gasteiger partial charge in [0.25, 0.3) is 0 Å². The number of rotatable bonds is 7. The predicted molar refractivity (Wildman–Crippen MR) is 66.8 cm³/mol. The maximum absolute atomic E-state index is 10.4. The normalized spacial score (nSPS) is 16.7. The maximum atomic E-state index is 10.4. The first-order valence-electron chi connectivity index (χ1n) is 6.27. The van der Waals surface area contributed by atoms with E-state index in [1.54, 1.807) is 0 Å². The van der Waals surface area contributed by atoms with Crippen LogP contribution in [0.1, 0.15) is 37.3 Å². The van der Waals surface area contributed by atoms with Gasteiger partial charge in [-0.2, -0.15) is 0 Å². The molecule has 17 heavy (non-hydrogen) atoms. The standard InChI is InChI=1S/C14H19NO2/c16-13(17)7-4-10-15-14(12-8-9-12)11-5-2-1-3-6-11/h1-3,5-6,12,14-15H,4,7-10H2,(H,16,17). The third kappa shape index (κ3) is 3.86. The van der Waals surface area contributed by atoms with E-state index < -0.39 is 5.97 Å².